The fourth-order valence-electron chi connectivity index (χ4n) is 1.62. The minimum atomic E-state index is -0.338. The standard InChI is InChI=1S/C13H12O2/c1-9-8-12-5-3-4-11(12)6-7-13(9)15-10(2)14/h3-8,13H,1H2,2H3. The molecule has 1 unspecified atom stereocenters. The summed E-state index contributed by atoms with van der Waals surface area (Å²) in [6.07, 6.45) is 11.4. The molecule has 0 bridgehead atoms. The van der Waals surface area contributed by atoms with Crippen molar-refractivity contribution >= 4 is 5.97 Å². The number of hydrogen-bond acceptors (Lipinski definition) is 2. The number of carbonyl (C=O) groups excluding carboxylic acids is 1. The van der Waals surface area contributed by atoms with Crippen molar-refractivity contribution in [3.05, 3.63) is 59.8 Å². The Bertz CT molecular complexity index is 433. The maximum atomic E-state index is 10.9. The van der Waals surface area contributed by atoms with Crippen LogP contribution in [0.5, 0.6) is 0 Å². The number of fused-ring (bicyclic) bond motifs is 1. The van der Waals surface area contributed by atoms with E-state index in [-0.39, 0.29) is 12.1 Å². The van der Waals surface area contributed by atoms with Crippen LogP contribution in [0.15, 0.2) is 59.8 Å². The normalized spacial score (nSPS) is 23.0. The van der Waals surface area contributed by atoms with Gasteiger partial charge in [-0.3, -0.25) is 4.79 Å². The van der Waals surface area contributed by atoms with Gasteiger partial charge in [0.2, 0.25) is 0 Å². The van der Waals surface area contributed by atoms with Gasteiger partial charge in [0, 0.05) is 6.92 Å². The second-order valence-electron chi connectivity index (χ2n) is 3.54. The highest BCUT2D eigenvalue weighted by Gasteiger charge is 2.16. The van der Waals surface area contributed by atoms with Crippen molar-refractivity contribution in [2.24, 2.45) is 0 Å². The van der Waals surface area contributed by atoms with E-state index in [2.05, 4.69) is 6.58 Å². The van der Waals surface area contributed by atoms with Crippen molar-refractivity contribution in [1.29, 1.82) is 0 Å². The maximum Gasteiger partial charge on any atom is 0.303 e. The molecule has 2 rings (SSSR count). The molecule has 2 nitrogen and oxygen atoms in total. The summed E-state index contributed by atoms with van der Waals surface area (Å²) in [5.74, 6) is -0.291. The zero-order chi connectivity index (χ0) is 10.8. The van der Waals surface area contributed by atoms with Crippen molar-refractivity contribution in [1.82, 2.24) is 0 Å². The zero-order valence-corrected chi connectivity index (χ0v) is 8.57. The van der Waals surface area contributed by atoms with Gasteiger partial charge in [0.15, 0.2) is 0 Å². The van der Waals surface area contributed by atoms with E-state index in [0.717, 1.165) is 16.7 Å². The molecule has 2 aliphatic carbocycles. The quantitative estimate of drug-likeness (QED) is 0.608. The lowest BCUT2D eigenvalue weighted by Crippen LogP contribution is -2.14. The molecule has 0 aromatic rings. The summed E-state index contributed by atoms with van der Waals surface area (Å²) in [7, 11) is 0. The van der Waals surface area contributed by atoms with Crippen LogP contribution in [-0.4, -0.2) is 12.1 Å². The fourth-order valence-corrected chi connectivity index (χ4v) is 1.62. The van der Waals surface area contributed by atoms with Crippen LogP contribution in [0.4, 0.5) is 0 Å². The predicted octanol–water partition coefficient (Wildman–Crippen LogP) is 2.47. The summed E-state index contributed by atoms with van der Waals surface area (Å²) in [5, 5.41) is 0. The number of esters is 1. The lowest BCUT2D eigenvalue weighted by molar-refractivity contribution is -0.142. The molecule has 2 heteroatoms. The average molecular weight is 200 g/mol. The van der Waals surface area contributed by atoms with E-state index in [0.29, 0.717) is 0 Å². The van der Waals surface area contributed by atoms with Crippen molar-refractivity contribution in [2.45, 2.75) is 13.0 Å². The third-order valence-corrected chi connectivity index (χ3v) is 2.33. The molecule has 2 aliphatic rings. The first kappa shape index (κ1) is 9.71. The van der Waals surface area contributed by atoms with E-state index in [1.165, 1.54) is 6.92 Å². The summed E-state index contributed by atoms with van der Waals surface area (Å²) in [4.78, 5) is 10.9. The maximum absolute atomic E-state index is 10.9. The molecule has 0 fully saturated rings. The van der Waals surface area contributed by atoms with E-state index in [1.807, 2.05) is 36.5 Å². The van der Waals surface area contributed by atoms with Crippen LogP contribution in [0, 0.1) is 0 Å². The Balaban J connectivity index is 2.27. The molecule has 0 saturated carbocycles. The van der Waals surface area contributed by atoms with Gasteiger partial charge in [-0.15, -0.1) is 0 Å². The van der Waals surface area contributed by atoms with Crippen molar-refractivity contribution in [3.63, 3.8) is 0 Å². The Morgan fingerprint density at radius 3 is 2.93 bits per heavy atom. The monoisotopic (exact) mass is 200 g/mol. The molecule has 15 heavy (non-hydrogen) atoms. The highest BCUT2D eigenvalue weighted by molar-refractivity contribution is 5.67. The Morgan fingerprint density at radius 2 is 2.20 bits per heavy atom. The number of rotatable bonds is 1. The summed E-state index contributed by atoms with van der Waals surface area (Å²) in [6.45, 7) is 5.31. The Morgan fingerprint density at radius 1 is 1.40 bits per heavy atom. The lowest BCUT2D eigenvalue weighted by atomic mass is 10.1. The van der Waals surface area contributed by atoms with Crippen LogP contribution in [0.3, 0.4) is 0 Å². The molecule has 0 aliphatic heterocycles. The van der Waals surface area contributed by atoms with Crippen LogP contribution in [-0.2, 0) is 9.53 Å². The van der Waals surface area contributed by atoms with Crippen molar-refractivity contribution in [2.75, 3.05) is 0 Å². The highest BCUT2D eigenvalue weighted by Crippen LogP contribution is 2.26. The van der Waals surface area contributed by atoms with Gasteiger partial charge >= 0.3 is 5.97 Å². The molecule has 1 atom stereocenters. The third-order valence-electron chi connectivity index (χ3n) is 2.33. The molecule has 0 radical (unpaired) electrons. The minimum Gasteiger partial charge on any atom is -0.453 e. The van der Waals surface area contributed by atoms with Gasteiger partial charge in [0.05, 0.1) is 0 Å². The Hall–Kier alpha value is -1.83. The molecule has 0 heterocycles. The summed E-state index contributed by atoms with van der Waals surface area (Å²) in [6, 6.07) is 0. The Labute approximate surface area is 88.9 Å². The second-order valence-corrected chi connectivity index (χ2v) is 3.54. The van der Waals surface area contributed by atoms with Crippen LogP contribution in [0.25, 0.3) is 0 Å². The predicted molar refractivity (Wildman–Crippen MR) is 59.1 cm³/mol. The number of carbonyl (C=O) groups is 1. The van der Waals surface area contributed by atoms with Gasteiger partial charge in [-0.2, -0.15) is 0 Å². The van der Waals surface area contributed by atoms with Crippen LogP contribution in [0.1, 0.15) is 6.92 Å². The number of hydrogen-bond donors (Lipinski definition) is 0. The van der Waals surface area contributed by atoms with Gasteiger partial charge in [0.25, 0.3) is 0 Å². The summed E-state index contributed by atoms with van der Waals surface area (Å²) >= 11 is 0. The highest BCUT2D eigenvalue weighted by atomic mass is 16.5. The molecule has 76 valence electrons. The molecular weight excluding hydrogens is 188 g/mol. The van der Waals surface area contributed by atoms with Crippen molar-refractivity contribution < 1.29 is 9.53 Å². The zero-order valence-electron chi connectivity index (χ0n) is 8.57. The van der Waals surface area contributed by atoms with Crippen molar-refractivity contribution in [3.8, 4) is 0 Å². The molecular formula is C13H12O2. The van der Waals surface area contributed by atoms with E-state index in [4.69, 9.17) is 4.74 Å². The first-order chi connectivity index (χ1) is 7.16. The van der Waals surface area contributed by atoms with Gasteiger partial charge in [-0.1, -0.05) is 30.9 Å². The van der Waals surface area contributed by atoms with Gasteiger partial charge in [0.1, 0.15) is 6.10 Å². The lowest BCUT2D eigenvalue weighted by Gasteiger charge is -2.11. The van der Waals surface area contributed by atoms with Crippen LogP contribution >= 0.6 is 0 Å². The first-order valence-electron chi connectivity index (χ1n) is 4.81. The molecule has 0 saturated heterocycles. The number of allylic oxidation sites excluding steroid dienone is 6. The van der Waals surface area contributed by atoms with Crippen LogP contribution < -0.4 is 0 Å². The number of ether oxygens (including phenoxy) is 1. The largest absolute Gasteiger partial charge is 0.453 e. The summed E-state index contributed by atoms with van der Waals surface area (Å²) in [5.41, 5.74) is 3.04. The second kappa shape index (κ2) is 3.73. The van der Waals surface area contributed by atoms with E-state index in [9.17, 15) is 4.79 Å². The van der Waals surface area contributed by atoms with Gasteiger partial charge in [-0.05, 0) is 28.9 Å². The topological polar surface area (TPSA) is 26.3 Å². The van der Waals surface area contributed by atoms with E-state index >= 15 is 0 Å². The average Bonchev–Trinajstić information content (AvgIpc) is 2.54. The van der Waals surface area contributed by atoms with Gasteiger partial charge < -0.3 is 4.74 Å². The smallest absolute Gasteiger partial charge is 0.303 e. The molecule has 0 aromatic carbocycles. The van der Waals surface area contributed by atoms with E-state index < -0.39 is 0 Å². The fraction of sp³-hybridized carbons (Fsp3) is 0.154. The first-order valence-corrected chi connectivity index (χ1v) is 4.81. The molecule has 0 amide bonds. The van der Waals surface area contributed by atoms with Crippen LogP contribution in [0.2, 0.25) is 0 Å². The summed E-state index contributed by atoms with van der Waals surface area (Å²) < 4.78 is 5.13. The molecule has 0 N–H and O–H groups in total. The van der Waals surface area contributed by atoms with E-state index in [1.54, 1.807) is 0 Å². The minimum absolute atomic E-state index is 0.291. The SMILES string of the molecule is C=C1C=C2C=CC=C2C=CC1OC(C)=O. The molecule has 0 aromatic heterocycles. The molecule has 0 spiro atoms. The van der Waals surface area contributed by atoms with Gasteiger partial charge in [-0.25, -0.2) is 0 Å². The Kier molecular flexibility index (Phi) is 2.42. The third kappa shape index (κ3) is 1.99.